The first kappa shape index (κ1) is 11.2. The third-order valence-electron chi connectivity index (χ3n) is 2.43. The van der Waals surface area contributed by atoms with E-state index >= 15 is 0 Å². The fourth-order valence-electron chi connectivity index (χ4n) is 1.36. The lowest BCUT2D eigenvalue weighted by molar-refractivity contribution is -0.141. The van der Waals surface area contributed by atoms with Crippen LogP contribution in [0.15, 0.2) is 12.3 Å². The van der Waals surface area contributed by atoms with Crippen LogP contribution in [-0.2, 0) is 12.6 Å². The van der Waals surface area contributed by atoms with Crippen molar-refractivity contribution in [1.29, 1.82) is 0 Å². The lowest BCUT2D eigenvalue weighted by Crippen LogP contribution is -2.10. The van der Waals surface area contributed by atoms with Crippen molar-refractivity contribution in [2.45, 2.75) is 38.5 Å². The van der Waals surface area contributed by atoms with Gasteiger partial charge in [-0.1, -0.05) is 6.92 Å². The van der Waals surface area contributed by atoms with Crippen molar-refractivity contribution in [3.63, 3.8) is 0 Å². The third-order valence-corrected chi connectivity index (χ3v) is 2.43. The Morgan fingerprint density at radius 3 is 2.62 bits per heavy atom. The van der Waals surface area contributed by atoms with E-state index in [0.717, 1.165) is 24.5 Å². The summed E-state index contributed by atoms with van der Waals surface area (Å²) in [5.41, 5.74) is -0.166. The molecule has 1 heterocycles. The topological polar surface area (TPSA) is 22.1 Å². The first-order valence-corrected chi connectivity index (χ1v) is 5.23. The summed E-state index contributed by atoms with van der Waals surface area (Å²) in [6, 6.07) is 0.997. The largest absolute Gasteiger partial charge is 0.490 e. The predicted octanol–water partition coefficient (Wildman–Crippen LogP) is 3.20. The van der Waals surface area contributed by atoms with Crippen LogP contribution in [0.4, 0.5) is 13.2 Å². The molecule has 16 heavy (non-hydrogen) atoms. The maximum absolute atomic E-state index is 12.4. The van der Waals surface area contributed by atoms with E-state index in [1.807, 2.05) is 6.92 Å². The molecule has 0 atom stereocenters. The molecule has 1 aromatic heterocycles. The maximum atomic E-state index is 12.4. The molecule has 2 nitrogen and oxygen atoms in total. The Labute approximate surface area is 91.4 Å². The molecule has 0 aromatic carbocycles. The van der Waals surface area contributed by atoms with Crippen LogP contribution in [0.5, 0.6) is 5.75 Å². The zero-order valence-corrected chi connectivity index (χ0v) is 8.84. The smallest absolute Gasteiger partial charge is 0.433 e. The van der Waals surface area contributed by atoms with Gasteiger partial charge < -0.3 is 4.74 Å². The highest BCUT2D eigenvalue weighted by Gasteiger charge is 2.34. The molecule has 88 valence electrons. The van der Waals surface area contributed by atoms with Gasteiger partial charge in [-0.3, -0.25) is 4.98 Å². The van der Waals surface area contributed by atoms with Crippen molar-refractivity contribution in [1.82, 2.24) is 4.98 Å². The summed E-state index contributed by atoms with van der Waals surface area (Å²) in [5, 5.41) is 0. The maximum Gasteiger partial charge on any atom is 0.433 e. The van der Waals surface area contributed by atoms with Gasteiger partial charge in [-0.25, -0.2) is 0 Å². The molecule has 1 aliphatic rings. The molecule has 0 saturated heterocycles. The quantitative estimate of drug-likeness (QED) is 0.796. The highest BCUT2D eigenvalue weighted by Crippen LogP contribution is 2.34. The Bertz CT molecular complexity index is 385. The molecule has 1 fully saturated rings. The first-order valence-electron chi connectivity index (χ1n) is 5.23. The van der Waals surface area contributed by atoms with E-state index in [1.165, 1.54) is 6.20 Å². The summed E-state index contributed by atoms with van der Waals surface area (Å²) in [6.07, 6.45) is -0.602. The van der Waals surface area contributed by atoms with E-state index in [0.29, 0.717) is 12.2 Å². The molecule has 1 aromatic rings. The Balaban J connectivity index is 2.29. The third kappa shape index (κ3) is 2.46. The van der Waals surface area contributed by atoms with Crippen LogP contribution in [0.1, 0.15) is 31.0 Å². The molecular weight excluding hydrogens is 219 g/mol. The van der Waals surface area contributed by atoms with Crippen molar-refractivity contribution in [3.05, 3.63) is 23.5 Å². The second-order valence-corrected chi connectivity index (χ2v) is 3.85. The number of hydrogen-bond acceptors (Lipinski definition) is 2. The number of rotatable bonds is 3. The van der Waals surface area contributed by atoms with E-state index in [4.69, 9.17) is 4.74 Å². The number of nitrogens with zero attached hydrogens (tertiary/aromatic N) is 1. The minimum atomic E-state index is -4.41. The fourth-order valence-corrected chi connectivity index (χ4v) is 1.36. The van der Waals surface area contributed by atoms with Gasteiger partial charge in [0, 0.05) is 17.8 Å². The van der Waals surface area contributed by atoms with Crippen LogP contribution in [-0.4, -0.2) is 11.1 Å². The molecule has 1 saturated carbocycles. The molecule has 0 N–H and O–H groups in total. The number of alkyl halides is 3. The number of pyridine rings is 1. The summed E-state index contributed by atoms with van der Waals surface area (Å²) in [4.78, 5) is 3.40. The van der Waals surface area contributed by atoms with E-state index in [1.54, 1.807) is 0 Å². The first-order chi connectivity index (χ1) is 7.50. The SMILES string of the molecule is CCc1cnc(C(F)(F)F)cc1OC1CC1. The molecule has 2 rings (SSSR count). The summed E-state index contributed by atoms with van der Waals surface area (Å²) in [5.74, 6) is 0.326. The highest BCUT2D eigenvalue weighted by molar-refractivity contribution is 5.34. The van der Waals surface area contributed by atoms with Crippen molar-refractivity contribution in [2.24, 2.45) is 0 Å². The number of aromatic nitrogens is 1. The standard InChI is InChI=1S/C11H12F3NO/c1-2-7-6-15-10(11(12,13)14)5-9(7)16-8-3-4-8/h5-6,8H,2-4H2,1H3. The van der Waals surface area contributed by atoms with E-state index in [9.17, 15) is 13.2 Å². The Morgan fingerprint density at radius 2 is 2.12 bits per heavy atom. The van der Waals surface area contributed by atoms with Crippen LogP contribution >= 0.6 is 0 Å². The van der Waals surface area contributed by atoms with E-state index < -0.39 is 11.9 Å². The van der Waals surface area contributed by atoms with Crippen molar-refractivity contribution in [2.75, 3.05) is 0 Å². The normalized spacial score (nSPS) is 16.2. The molecule has 5 heteroatoms. The molecule has 0 aliphatic heterocycles. The Morgan fingerprint density at radius 1 is 1.44 bits per heavy atom. The second-order valence-electron chi connectivity index (χ2n) is 3.85. The van der Waals surface area contributed by atoms with Crippen LogP contribution < -0.4 is 4.74 Å². The van der Waals surface area contributed by atoms with Gasteiger partial charge in [-0.15, -0.1) is 0 Å². The minimum absolute atomic E-state index is 0.0915. The number of halogens is 3. The summed E-state index contributed by atoms with van der Waals surface area (Å²) in [7, 11) is 0. The zero-order chi connectivity index (χ0) is 11.8. The van der Waals surface area contributed by atoms with Crippen LogP contribution in [0, 0.1) is 0 Å². The van der Waals surface area contributed by atoms with Gasteiger partial charge in [0.1, 0.15) is 11.4 Å². The lowest BCUT2D eigenvalue weighted by Gasteiger charge is -2.12. The lowest BCUT2D eigenvalue weighted by atomic mass is 10.2. The van der Waals surface area contributed by atoms with Gasteiger partial charge >= 0.3 is 6.18 Å². The highest BCUT2D eigenvalue weighted by atomic mass is 19.4. The average Bonchev–Trinajstić information content (AvgIpc) is 3.00. The van der Waals surface area contributed by atoms with Crippen molar-refractivity contribution < 1.29 is 17.9 Å². The molecule has 0 amide bonds. The summed E-state index contributed by atoms with van der Waals surface area (Å²) >= 11 is 0. The van der Waals surface area contributed by atoms with Gasteiger partial charge in [-0.2, -0.15) is 13.2 Å². The molecule has 1 aliphatic carbocycles. The van der Waals surface area contributed by atoms with Crippen molar-refractivity contribution in [3.8, 4) is 5.75 Å². The summed E-state index contributed by atoms with van der Waals surface area (Å²) in [6.45, 7) is 1.87. The molecule has 0 bridgehead atoms. The van der Waals surface area contributed by atoms with Crippen LogP contribution in [0.3, 0.4) is 0 Å². The second kappa shape index (κ2) is 3.96. The Hall–Kier alpha value is -1.26. The number of ether oxygens (including phenoxy) is 1. The monoisotopic (exact) mass is 231 g/mol. The molecular formula is C11H12F3NO. The average molecular weight is 231 g/mol. The fraction of sp³-hybridized carbons (Fsp3) is 0.545. The summed E-state index contributed by atoms with van der Waals surface area (Å²) < 4.78 is 42.8. The number of aryl methyl sites for hydroxylation is 1. The van der Waals surface area contributed by atoms with Gasteiger partial charge in [0.15, 0.2) is 0 Å². The number of hydrogen-bond donors (Lipinski definition) is 0. The van der Waals surface area contributed by atoms with Gasteiger partial charge in [0.2, 0.25) is 0 Å². The van der Waals surface area contributed by atoms with Gasteiger partial charge in [0.25, 0.3) is 0 Å². The molecule has 0 unspecified atom stereocenters. The zero-order valence-electron chi connectivity index (χ0n) is 8.84. The van der Waals surface area contributed by atoms with E-state index in [2.05, 4.69) is 4.98 Å². The van der Waals surface area contributed by atoms with E-state index in [-0.39, 0.29) is 6.10 Å². The van der Waals surface area contributed by atoms with Gasteiger partial charge in [0.05, 0.1) is 6.10 Å². The molecule has 0 radical (unpaired) electrons. The van der Waals surface area contributed by atoms with Gasteiger partial charge in [-0.05, 0) is 19.3 Å². The van der Waals surface area contributed by atoms with Crippen molar-refractivity contribution >= 4 is 0 Å². The van der Waals surface area contributed by atoms with Crippen LogP contribution in [0.25, 0.3) is 0 Å². The minimum Gasteiger partial charge on any atom is -0.490 e. The Kier molecular flexibility index (Phi) is 2.78. The molecule has 0 spiro atoms. The van der Waals surface area contributed by atoms with Crippen LogP contribution in [0.2, 0.25) is 0 Å². The predicted molar refractivity (Wildman–Crippen MR) is 52.3 cm³/mol.